The van der Waals surface area contributed by atoms with Crippen LogP contribution in [0.4, 0.5) is 8.78 Å². The summed E-state index contributed by atoms with van der Waals surface area (Å²) < 4.78 is 32.3. The van der Waals surface area contributed by atoms with Crippen LogP contribution in [0.2, 0.25) is 0 Å². The zero-order chi connectivity index (χ0) is 15.9. The van der Waals surface area contributed by atoms with Crippen molar-refractivity contribution in [3.05, 3.63) is 65.2 Å². The van der Waals surface area contributed by atoms with Gasteiger partial charge in [-0.1, -0.05) is 12.1 Å². The van der Waals surface area contributed by atoms with Gasteiger partial charge in [-0.05, 0) is 53.7 Å². The molecule has 0 fully saturated rings. The van der Waals surface area contributed by atoms with E-state index in [9.17, 15) is 8.78 Å². The van der Waals surface area contributed by atoms with Gasteiger partial charge in [-0.25, -0.2) is 8.78 Å². The number of nitrogens with one attached hydrogen (secondary N) is 1. The minimum Gasteiger partial charge on any atom is -0.486 e. The van der Waals surface area contributed by atoms with Crippen LogP contribution in [0.3, 0.4) is 0 Å². The molecule has 0 radical (unpaired) electrons. The maximum absolute atomic E-state index is 13.9. The summed E-state index contributed by atoms with van der Waals surface area (Å²) in [5.41, 5.74) is 8.70. The average molecular weight is 321 g/mol. The molecule has 114 valence electrons. The summed E-state index contributed by atoms with van der Waals surface area (Å²) in [5.74, 6) is -0.835. The standard InChI is InChI=1S/C15H13F2N3OS/c16-12-3-1-2-11(6-12)9-21-14-5-4-10(7-13(14)17)8-19-20-15(18)22/h1-8H,9H2,(H3,18,20,22). The molecule has 0 unspecified atom stereocenters. The van der Waals surface area contributed by atoms with Crippen LogP contribution in [0.15, 0.2) is 47.6 Å². The predicted octanol–water partition coefficient (Wildman–Crippen LogP) is 2.71. The van der Waals surface area contributed by atoms with Gasteiger partial charge >= 0.3 is 0 Å². The van der Waals surface area contributed by atoms with Gasteiger partial charge in [-0.3, -0.25) is 5.43 Å². The molecule has 2 aromatic carbocycles. The van der Waals surface area contributed by atoms with Crippen LogP contribution >= 0.6 is 12.2 Å². The van der Waals surface area contributed by atoms with Gasteiger partial charge < -0.3 is 10.5 Å². The van der Waals surface area contributed by atoms with Gasteiger partial charge in [0, 0.05) is 0 Å². The first-order valence-corrected chi connectivity index (χ1v) is 6.71. The summed E-state index contributed by atoms with van der Waals surface area (Å²) in [6.07, 6.45) is 1.37. The lowest BCUT2D eigenvalue weighted by Crippen LogP contribution is -2.23. The lowest BCUT2D eigenvalue weighted by Gasteiger charge is -2.08. The lowest BCUT2D eigenvalue weighted by atomic mass is 10.2. The summed E-state index contributed by atoms with van der Waals surface area (Å²) in [5, 5.41) is 3.74. The fraction of sp³-hybridized carbons (Fsp3) is 0.0667. The number of rotatable bonds is 5. The lowest BCUT2D eigenvalue weighted by molar-refractivity contribution is 0.290. The van der Waals surface area contributed by atoms with Crippen LogP contribution in [0.1, 0.15) is 11.1 Å². The highest BCUT2D eigenvalue weighted by Crippen LogP contribution is 2.19. The van der Waals surface area contributed by atoms with E-state index in [2.05, 4.69) is 22.7 Å². The predicted molar refractivity (Wildman–Crippen MR) is 84.6 cm³/mol. The first-order chi connectivity index (χ1) is 10.5. The average Bonchev–Trinajstić information content (AvgIpc) is 2.46. The van der Waals surface area contributed by atoms with E-state index in [0.29, 0.717) is 11.1 Å². The number of halogens is 2. The number of hydrogen-bond acceptors (Lipinski definition) is 3. The third-order valence-electron chi connectivity index (χ3n) is 2.63. The van der Waals surface area contributed by atoms with Crippen molar-refractivity contribution in [1.29, 1.82) is 0 Å². The minimum atomic E-state index is -0.546. The molecule has 0 saturated heterocycles. The highest BCUT2D eigenvalue weighted by molar-refractivity contribution is 7.80. The van der Waals surface area contributed by atoms with Crippen molar-refractivity contribution >= 4 is 23.5 Å². The van der Waals surface area contributed by atoms with E-state index in [1.165, 1.54) is 30.5 Å². The van der Waals surface area contributed by atoms with Crippen LogP contribution in [-0.2, 0) is 6.61 Å². The fourth-order valence-electron chi connectivity index (χ4n) is 1.67. The molecule has 3 N–H and O–H groups in total. The third-order valence-corrected chi connectivity index (χ3v) is 2.72. The van der Waals surface area contributed by atoms with Crippen molar-refractivity contribution in [1.82, 2.24) is 5.43 Å². The Morgan fingerprint density at radius 1 is 1.27 bits per heavy atom. The van der Waals surface area contributed by atoms with Crippen LogP contribution in [-0.4, -0.2) is 11.3 Å². The number of hydrazone groups is 1. The normalized spacial score (nSPS) is 10.6. The molecular formula is C15H13F2N3OS. The molecule has 2 aromatic rings. The number of benzene rings is 2. The first kappa shape index (κ1) is 15.8. The Balaban J connectivity index is 2.00. The van der Waals surface area contributed by atoms with Gasteiger partial charge in [0.25, 0.3) is 0 Å². The van der Waals surface area contributed by atoms with Crippen molar-refractivity contribution in [3.8, 4) is 5.75 Å². The van der Waals surface area contributed by atoms with E-state index in [-0.39, 0.29) is 23.3 Å². The molecule has 4 nitrogen and oxygen atoms in total. The Morgan fingerprint density at radius 2 is 2.09 bits per heavy atom. The van der Waals surface area contributed by atoms with E-state index in [4.69, 9.17) is 10.5 Å². The van der Waals surface area contributed by atoms with Crippen molar-refractivity contribution < 1.29 is 13.5 Å². The SMILES string of the molecule is NC(=S)NN=Cc1ccc(OCc2cccc(F)c2)c(F)c1. The Bertz CT molecular complexity index is 707. The van der Waals surface area contributed by atoms with Crippen molar-refractivity contribution in [3.63, 3.8) is 0 Å². The van der Waals surface area contributed by atoms with Crippen LogP contribution in [0.25, 0.3) is 0 Å². The first-order valence-electron chi connectivity index (χ1n) is 6.30. The Kier molecular flexibility index (Phi) is 5.37. The van der Waals surface area contributed by atoms with Gasteiger partial charge in [0.05, 0.1) is 6.21 Å². The topological polar surface area (TPSA) is 59.6 Å². The smallest absolute Gasteiger partial charge is 0.184 e. The molecule has 0 aliphatic carbocycles. The second-order valence-corrected chi connectivity index (χ2v) is 4.78. The Labute approximate surface area is 131 Å². The highest BCUT2D eigenvalue weighted by Gasteiger charge is 2.05. The molecule has 2 rings (SSSR count). The second-order valence-electron chi connectivity index (χ2n) is 4.34. The second kappa shape index (κ2) is 7.46. The zero-order valence-corrected chi connectivity index (χ0v) is 12.2. The van der Waals surface area contributed by atoms with E-state index in [0.717, 1.165) is 0 Å². The Morgan fingerprint density at radius 3 is 2.77 bits per heavy atom. The largest absolute Gasteiger partial charge is 0.486 e. The van der Waals surface area contributed by atoms with Gasteiger partial charge in [-0.15, -0.1) is 0 Å². The summed E-state index contributed by atoms with van der Waals surface area (Å²) in [4.78, 5) is 0. The molecule has 0 amide bonds. The zero-order valence-electron chi connectivity index (χ0n) is 11.4. The number of nitrogens with zero attached hydrogens (tertiary/aromatic N) is 1. The highest BCUT2D eigenvalue weighted by atomic mass is 32.1. The molecule has 0 heterocycles. The molecule has 0 spiro atoms. The summed E-state index contributed by atoms with van der Waals surface area (Å²) in [7, 11) is 0. The number of nitrogens with two attached hydrogens (primary N) is 1. The molecule has 0 bridgehead atoms. The summed E-state index contributed by atoms with van der Waals surface area (Å²) in [6.45, 7) is 0.0745. The van der Waals surface area contributed by atoms with E-state index < -0.39 is 5.82 Å². The summed E-state index contributed by atoms with van der Waals surface area (Å²) >= 11 is 4.58. The van der Waals surface area contributed by atoms with Gasteiger partial charge in [0.15, 0.2) is 16.7 Å². The van der Waals surface area contributed by atoms with Gasteiger partial charge in [-0.2, -0.15) is 5.10 Å². The minimum absolute atomic E-state index is 0.0202. The quantitative estimate of drug-likeness (QED) is 0.505. The number of ether oxygens (including phenoxy) is 1. The van der Waals surface area contributed by atoms with Crippen LogP contribution in [0.5, 0.6) is 5.75 Å². The molecular weight excluding hydrogens is 308 g/mol. The van der Waals surface area contributed by atoms with Crippen LogP contribution in [0, 0.1) is 11.6 Å². The van der Waals surface area contributed by atoms with Gasteiger partial charge in [0.2, 0.25) is 0 Å². The van der Waals surface area contributed by atoms with Gasteiger partial charge in [0.1, 0.15) is 12.4 Å². The number of hydrogen-bond donors (Lipinski definition) is 2. The van der Waals surface area contributed by atoms with Crippen molar-refractivity contribution in [2.45, 2.75) is 6.61 Å². The number of thiocarbonyl (C=S) groups is 1. The third kappa shape index (κ3) is 4.78. The van der Waals surface area contributed by atoms with Crippen molar-refractivity contribution in [2.75, 3.05) is 0 Å². The molecule has 0 aromatic heterocycles. The maximum Gasteiger partial charge on any atom is 0.184 e. The molecule has 0 saturated carbocycles. The Hall–Kier alpha value is -2.54. The molecule has 22 heavy (non-hydrogen) atoms. The molecule has 0 aliphatic heterocycles. The molecule has 0 atom stereocenters. The van der Waals surface area contributed by atoms with E-state index >= 15 is 0 Å². The maximum atomic E-state index is 13.9. The van der Waals surface area contributed by atoms with Crippen molar-refractivity contribution in [2.24, 2.45) is 10.8 Å². The monoisotopic (exact) mass is 321 g/mol. The van der Waals surface area contributed by atoms with E-state index in [1.807, 2.05) is 0 Å². The summed E-state index contributed by atoms with van der Waals surface area (Å²) in [6, 6.07) is 10.3. The van der Waals surface area contributed by atoms with E-state index in [1.54, 1.807) is 18.2 Å². The molecule has 0 aliphatic rings. The van der Waals surface area contributed by atoms with Crippen LogP contribution < -0.4 is 15.9 Å². The fourth-order valence-corrected chi connectivity index (χ4v) is 1.73. The molecule has 7 heteroatoms.